The predicted octanol–water partition coefficient (Wildman–Crippen LogP) is 8.33. The maximum absolute atomic E-state index is 14.4. The molecule has 8 aromatic rings. The molecule has 5 heterocycles. The van der Waals surface area contributed by atoms with Gasteiger partial charge in [0.05, 0.1) is 62.6 Å². The summed E-state index contributed by atoms with van der Waals surface area (Å²) in [6, 6.07) is 25.1. The number of sulfonamides is 1. The highest BCUT2D eigenvalue weighted by Gasteiger charge is 2.43. The van der Waals surface area contributed by atoms with Gasteiger partial charge in [0.1, 0.15) is 29.7 Å². The van der Waals surface area contributed by atoms with Crippen molar-refractivity contribution in [2.75, 3.05) is 17.9 Å². The fraction of sp³-hybridized carbons (Fsp3) is 0.339. The SMILES string of the molecule is CCCOc1cccc(Oc2cc3c(cc2NS(=O)(=O)c2cccc(C(=O)NC4CC(Oc5cc(-c6cnn([C@H](C(=O)N7C[C@H](O)C[C@H]7C(=O)N[C@@H](C)c7ccc(-c8scnc8C)cc7)C(C)C)c6)ccn5)C4)c2)n(C)c(=O)n3C)c1. The summed E-state index contributed by atoms with van der Waals surface area (Å²) in [5, 5.41) is 21.5. The summed E-state index contributed by atoms with van der Waals surface area (Å²) in [7, 11) is -1.10. The zero-order valence-electron chi connectivity index (χ0n) is 45.9. The Morgan fingerprint density at radius 2 is 1.60 bits per heavy atom. The minimum Gasteiger partial charge on any atom is -0.493 e. The van der Waals surface area contributed by atoms with Gasteiger partial charge in [-0.3, -0.25) is 32.9 Å². The first kappa shape index (κ1) is 56.0. The van der Waals surface area contributed by atoms with Crippen molar-refractivity contribution < 1.29 is 42.1 Å². The van der Waals surface area contributed by atoms with Crippen molar-refractivity contribution in [3.63, 3.8) is 0 Å². The number of amides is 3. The van der Waals surface area contributed by atoms with Crippen LogP contribution in [0, 0.1) is 12.8 Å². The van der Waals surface area contributed by atoms with Gasteiger partial charge in [0.2, 0.25) is 17.7 Å². The number of nitrogens with one attached hydrogen (secondary N) is 3. The van der Waals surface area contributed by atoms with E-state index >= 15 is 0 Å². The van der Waals surface area contributed by atoms with Gasteiger partial charge in [-0.15, -0.1) is 11.3 Å². The summed E-state index contributed by atoms with van der Waals surface area (Å²) in [5.41, 5.74) is 7.07. The molecule has 81 heavy (non-hydrogen) atoms. The number of ether oxygens (including phenoxy) is 3. The molecule has 0 spiro atoms. The molecule has 3 amide bonds. The highest BCUT2D eigenvalue weighted by atomic mass is 32.2. The third kappa shape index (κ3) is 12.1. The molecule has 1 saturated heterocycles. The molecule has 20 nitrogen and oxygen atoms in total. The number of imidazole rings is 1. The summed E-state index contributed by atoms with van der Waals surface area (Å²) in [4.78, 5) is 66.0. The van der Waals surface area contributed by atoms with Crippen LogP contribution in [0.4, 0.5) is 5.69 Å². The molecule has 422 valence electrons. The zero-order valence-corrected chi connectivity index (χ0v) is 47.5. The number of fused-ring (bicyclic) bond motifs is 1. The predicted molar refractivity (Wildman–Crippen MR) is 307 cm³/mol. The van der Waals surface area contributed by atoms with Gasteiger partial charge in [0.15, 0.2) is 5.75 Å². The molecule has 0 bridgehead atoms. The minimum atomic E-state index is -4.32. The van der Waals surface area contributed by atoms with E-state index in [1.54, 1.807) is 85.1 Å². The number of β-amino-alcohol motifs (C(OH)–C–C–N with tert-alkyl or cyclic N) is 1. The maximum atomic E-state index is 14.4. The zero-order chi connectivity index (χ0) is 57.3. The summed E-state index contributed by atoms with van der Waals surface area (Å²) in [6.45, 7) is 10.2. The van der Waals surface area contributed by atoms with E-state index in [1.807, 2.05) is 70.5 Å². The Labute approximate surface area is 472 Å². The van der Waals surface area contributed by atoms with E-state index in [1.165, 1.54) is 44.4 Å². The Morgan fingerprint density at radius 1 is 0.864 bits per heavy atom. The van der Waals surface area contributed by atoms with Crippen LogP contribution in [-0.2, 0) is 33.7 Å². The quantitative estimate of drug-likeness (QED) is 0.0562. The van der Waals surface area contributed by atoms with Crippen molar-refractivity contribution in [3.05, 3.63) is 148 Å². The van der Waals surface area contributed by atoms with Gasteiger partial charge in [0, 0.05) is 87.7 Å². The van der Waals surface area contributed by atoms with Gasteiger partial charge in [-0.05, 0) is 85.3 Å². The number of hydrogen-bond donors (Lipinski definition) is 4. The molecule has 4 atom stereocenters. The molecule has 4 N–H and O–H groups in total. The highest BCUT2D eigenvalue weighted by Crippen LogP contribution is 2.37. The molecule has 22 heteroatoms. The number of carbonyl (C=O) groups excluding carboxylic acids is 3. The fourth-order valence-corrected chi connectivity index (χ4v) is 12.2. The van der Waals surface area contributed by atoms with Gasteiger partial charge >= 0.3 is 5.69 Å². The largest absolute Gasteiger partial charge is 0.493 e. The molecule has 4 aromatic heterocycles. The average molecular weight is 1140 g/mol. The van der Waals surface area contributed by atoms with E-state index in [0.29, 0.717) is 53.4 Å². The molecule has 4 aromatic carbocycles. The summed E-state index contributed by atoms with van der Waals surface area (Å²) >= 11 is 1.57. The van der Waals surface area contributed by atoms with E-state index < -0.39 is 34.1 Å². The molecule has 2 aliphatic rings. The monoisotopic (exact) mass is 1140 g/mol. The molecule has 0 radical (unpaired) electrons. The van der Waals surface area contributed by atoms with Crippen LogP contribution in [0.2, 0.25) is 0 Å². The van der Waals surface area contributed by atoms with Crippen LogP contribution in [0.3, 0.4) is 0 Å². The summed E-state index contributed by atoms with van der Waals surface area (Å²) in [5.74, 6) is 0.112. The lowest BCUT2D eigenvalue weighted by Gasteiger charge is -2.35. The van der Waals surface area contributed by atoms with Crippen LogP contribution in [0.1, 0.15) is 87.1 Å². The fourth-order valence-electron chi connectivity index (χ4n) is 10.3. The number of benzene rings is 4. The third-order valence-electron chi connectivity index (χ3n) is 14.7. The van der Waals surface area contributed by atoms with E-state index in [-0.39, 0.29) is 76.5 Å². The second-order valence-electron chi connectivity index (χ2n) is 21.0. The highest BCUT2D eigenvalue weighted by molar-refractivity contribution is 7.92. The van der Waals surface area contributed by atoms with Crippen LogP contribution in [0.15, 0.2) is 131 Å². The molecule has 1 saturated carbocycles. The number of aliphatic hydroxyl groups is 1. The van der Waals surface area contributed by atoms with Crippen LogP contribution in [0.5, 0.6) is 23.1 Å². The third-order valence-corrected chi connectivity index (χ3v) is 17.1. The molecule has 10 rings (SSSR count). The van der Waals surface area contributed by atoms with Crippen molar-refractivity contribution in [2.24, 2.45) is 20.0 Å². The number of thiazole rings is 1. The van der Waals surface area contributed by atoms with E-state index in [2.05, 4.69) is 30.4 Å². The normalized spacial score (nSPS) is 17.8. The lowest BCUT2D eigenvalue weighted by Crippen LogP contribution is -2.49. The van der Waals surface area contributed by atoms with Crippen LogP contribution in [0.25, 0.3) is 32.6 Å². The summed E-state index contributed by atoms with van der Waals surface area (Å²) < 4.78 is 53.5. The number of anilines is 1. The van der Waals surface area contributed by atoms with Gasteiger partial charge in [-0.2, -0.15) is 5.10 Å². The average Bonchev–Trinajstić information content (AvgIpc) is 4.36. The number of aryl methyl sites for hydroxylation is 3. The topological polar surface area (TPSA) is 243 Å². The number of aromatic nitrogens is 6. The molecular formula is C59H64N10O10S2. The number of likely N-dealkylation sites (tertiary alicyclic amines) is 1. The Balaban J connectivity index is 0.751. The van der Waals surface area contributed by atoms with E-state index in [9.17, 15) is 32.7 Å². The number of rotatable bonds is 20. The van der Waals surface area contributed by atoms with Gasteiger partial charge in [0.25, 0.3) is 15.9 Å². The number of hydrogen-bond acceptors (Lipinski definition) is 14. The van der Waals surface area contributed by atoms with Crippen molar-refractivity contribution in [2.45, 2.75) is 102 Å². The van der Waals surface area contributed by atoms with Crippen molar-refractivity contribution in [3.8, 4) is 44.7 Å². The summed E-state index contributed by atoms with van der Waals surface area (Å²) in [6.07, 6.45) is 5.77. The standard InChI is InChI=1S/C59H64N10O10S2/c1-8-21-77-44-12-10-13-45(27-44)78-52-29-50-49(66(6)59(74)67(50)7)28-48(52)65-81(75,76)47-14-9-11-40(22-47)56(71)64-42-24-46(25-42)79-53-23-39(19-20-60-53)41-30-62-69(31-41)54(34(2)3)58(73)68-32-43(70)26-51(68)57(72)63-35(4)37-15-17-38(18-16-37)55-36(5)61-33-80-55/h9-20,22-23,27-31,33-35,42-43,46,51,54,65,70H,8,21,24-26,32H2,1-7H3,(H,63,72)(H,64,71)/t35-,42?,43+,46?,51-,54-/m0/s1. The van der Waals surface area contributed by atoms with Gasteiger partial charge in [-0.1, -0.05) is 57.2 Å². The molecule has 2 fully saturated rings. The van der Waals surface area contributed by atoms with Crippen molar-refractivity contribution in [1.29, 1.82) is 0 Å². The van der Waals surface area contributed by atoms with Gasteiger partial charge < -0.3 is 34.9 Å². The smallest absolute Gasteiger partial charge is 0.328 e. The van der Waals surface area contributed by atoms with E-state index in [4.69, 9.17) is 14.2 Å². The maximum Gasteiger partial charge on any atom is 0.328 e. The second kappa shape index (κ2) is 23.4. The molecule has 1 aliphatic carbocycles. The number of carbonyl (C=O) groups is 3. The molecule has 0 unspecified atom stereocenters. The van der Waals surface area contributed by atoms with Crippen molar-refractivity contribution in [1.82, 2.24) is 44.4 Å². The lowest BCUT2D eigenvalue weighted by molar-refractivity contribution is -0.142. The van der Waals surface area contributed by atoms with Crippen LogP contribution < -0.4 is 35.3 Å². The Morgan fingerprint density at radius 3 is 2.33 bits per heavy atom. The Bertz CT molecular complexity index is 3810. The van der Waals surface area contributed by atoms with Crippen LogP contribution >= 0.6 is 11.3 Å². The second-order valence-corrected chi connectivity index (χ2v) is 23.5. The van der Waals surface area contributed by atoms with Crippen molar-refractivity contribution >= 4 is 55.8 Å². The first-order valence-corrected chi connectivity index (χ1v) is 29.2. The Kier molecular flexibility index (Phi) is 16.2. The number of nitrogens with zero attached hydrogens (tertiary/aromatic N) is 7. The van der Waals surface area contributed by atoms with Crippen LogP contribution in [-0.4, -0.2) is 102 Å². The van der Waals surface area contributed by atoms with Gasteiger partial charge in [-0.25, -0.2) is 23.2 Å². The lowest BCUT2D eigenvalue weighted by atomic mass is 9.89. The first-order valence-electron chi connectivity index (χ1n) is 26.8. The first-order chi connectivity index (χ1) is 38.8. The minimum absolute atomic E-state index is 0.0156. The number of pyridine rings is 1. The number of aliphatic hydroxyl groups excluding tert-OH is 1. The van der Waals surface area contributed by atoms with E-state index in [0.717, 1.165) is 33.7 Å². The molecule has 1 aliphatic heterocycles. The Hall–Kier alpha value is -8.34. The molecular weight excluding hydrogens is 1070 g/mol.